The third kappa shape index (κ3) is 14.5. The van der Waals surface area contributed by atoms with E-state index in [2.05, 4.69) is 34.8 Å². The Balaban J connectivity index is 0. The molecule has 8 heteroatoms. The van der Waals surface area contributed by atoms with Crippen molar-refractivity contribution in [1.29, 1.82) is 0 Å². The van der Waals surface area contributed by atoms with Crippen LogP contribution in [0.15, 0.2) is 4.99 Å². The van der Waals surface area contributed by atoms with E-state index in [1.54, 1.807) is 14.0 Å². The number of alkyl carbamates (subject to hydrolysis) is 1. The lowest BCUT2D eigenvalue weighted by Gasteiger charge is -2.22. The predicted molar refractivity (Wildman–Crippen MR) is 105 cm³/mol. The molecule has 0 spiro atoms. The van der Waals surface area contributed by atoms with E-state index in [-0.39, 0.29) is 36.1 Å². The Morgan fingerprint density at radius 2 is 1.87 bits per heavy atom. The van der Waals surface area contributed by atoms with Crippen molar-refractivity contribution in [2.24, 2.45) is 10.9 Å². The number of nitrogens with one attached hydrogen (secondary N) is 3. The van der Waals surface area contributed by atoms with Crippen molar-refractivity contribution in [3.63, 3.8) is 0 Å². The number of halogens is 1. The van der Waals surface area contributed by atoms with Gasteiger partial charge in [0.2, 0.25) is 0 Å². The van der Waals surface area contributed by atoms with E-state index < -0.39 is 0 Å². The second-order valence-electron chi connectivity index (χ2n) is 5.27. The standard InChI is InChI=1S/C15H32N4O3.HI/c1-6-21-9-8-17-14(16-5)18-11-13(10-12(3)4)19-15(20)22-7-2;/h12-13H,6-11H2,1-5H3,(H,19,20)(H2,16,17,18);1H. The van der Waals surface area contributed by atoms with E-state index in [0.717, 1.165) is 6.42 Å². The van der Waals surface area contributed by atoms with Gasteiger partial charge < -0.3 is 25.4 Å². The van der Waals surface area contributed by atoms with Gasteiger partial charge in [0.25, 0.3) is 0 Å². The fraction of sp³-hybridized carbons (Fsp3) is 0.867. The van der Waals surface area contributed by atoms with E-state index >= 15 is 0 Å². The number of guanidine groups is 1. The monoisotopic (exact) mass is 444 g/mol. The minimum absolute atomic E-state index is 0. The Labute approximate surface area is 157 Å². The van der Waals surface area contributed by atoms with Gasteiger partial charge >= 0.3 is 6.09 Å². The van der Waals surface area contributed by atoms with E-state index in [4.69, 9.17) is 9.47 Å². The van der Waals surface area contributed by atoms with E-state index in [1.165, 1.54) is 0 Å². The highest BCUT2D eigenvalue weighted by molar-refractivity contribution is 14.0. The molecule has 0 saturated carbocycles. The van der Waals surface area contributed by atoms with Crippen LogP contribution in [0.4, 0.5) is 4.79 Å². The number of nitrogens with zero attached hydrogens (tertiary/aromatic N) is 1. The summed E-state index contributed by atoms with van der Waals surface area (Å²) in [6.07, 6.45) is 0.483. The first-order valence-electron chi connectivity index (χ1n) is 7.98. The molecule has 138 valence electrons. The zero-order valence-corrected chi connectivity index (χ0v) is 17.3. The first kappa shape index (κ1) is 24.5. The molecule has 0 aliphatic carbocycles. The zero-order valence-electron chi connectivity index (χ0n) is 15.0. The van der Waals surface area contributed by atoms with Crippen LogP contribution >= 0.6 is 24.0 Å². The third-order valence-electron chi connectivity index (χ3n) is 2.84. The molecule has 0 rings (SSSR count). The Morgan fingerprint density at radius 1 is 1.17 bits per heavy atom. The van der Waals surface area contributed by atoms with Crippen molar-refractivity contribution >= 4 is 36.0 Å². The van der Waals surface area contributed by atoms with Gasteiger partial charge in [0, 0.05) is 32.8 Å². The van der Waals surface area contributed by atoms with Crippen LogP contribution in [0.3, 0.4) is 0 Å². The molecule has 0 aromatic heterocycles. The molecule has 0 heterocycles. The molecule has 1 amide bonds. The van der Waals surface area contributed by atoms with E-state index in [0.29, 0.717) is 44.8 Å². The molecule has 0 aliphatic rings. The molecule has 0 aromatic rings. The minimum Gasteiger partial charge on any atom is -0.450 e. The van der Waals surface area contributed by atoms with Gasteiger partial charge in [-0.25, -0.2) is 4.79 Å². The van der Waals surface area contributed by atoms with Gasteiger partial charge in [0.15, 0.2) is 5.96 Å². The van der Waals surface area contributed by atoms with Crippen LogP contribution in [0, 0.1) is 5.92 Å². The maximum absolute atomic E-state index is 11.6. The normalized spacial score (nSPS) is 12.3. The number of carbonyl (C=O) groups excluding carboxylic acids is 1. The Hall–Kier alpha value is -0.770. The maximum atomic E-state index is 11.6. The predicted octanol–water partition coefficient (Wildman–Crippen LogP) is 1.97. The zero-order chi connectivity index (χ0) is 16.8. The molecule has 0 fully saturated rings. The molecule has 7 nitrogen and oxygen atoms in total. The molecule has 0 aliphatic heterocycles. The van der Waals surface area contributed by atoms with Gasteiger partial charge in [-0.1, -0.05) is 13.8 Å². The van der Waals surface area contributed by atoms with Gasteiger partial charge in [-0.2, -0.15) is 0 Å². The highest BCUT2D eigenvalue weighted by Crippen LogP contribution is 2.04. The first-order valence-corrected chi connectivity index (χ1v) is 7.98. The van der Waals surface area contributed by atoms with Crippen molar-refractivity contribution in [2.45, 2.75) is 40.2 Å². The Bertz CT molecular complexity index is 328. The van der Waals surface area contributed by atoms with Crippen molar-refractivity contribution in [1.82, 2.24) is 16.0 Å². The fourth-order valence-corrected chi connectivity index (χ4v) is 1.93. The topological polar surface area (TPSA) is 84.0 Å². The molecule has 3 N–H and O–H groups in total. The van der Waals surface area contributed by atoms with Crippen LogP contribution in [0.25, 0.3) is 0 Å². The maximum Gasteiger partial charge on any atom is 0.407 e. The lowest BCUT2D eigenvalue weighted by molar-refractivity contribution is 0.146. The molecule has 23 heavy (non-hydrogen) atoms. The highest BCUT2D eigenvalue weighted by atomic mass is 127. The molecule has 0 radical (unpaired) electrons. The van der Waals surface area contributed by atoms with Gasteiger partial charge in [-0.3, -0.25) is 4.99 Å². The molecule has 0 saturated heterocycles. The Kier molecular flexibility index (Phi) is 17.1. The summed E-state index contributed by atoms with van der Waals surface area (Å²) < 4.78 is 10.2. The van der Waals surface area contributed by atoms with Gasteiger partial charge in [-0.15, -0.1) is 24.0 Å². The third-order valence-corrected chi connectivity index (χ3v) is 2.84. The van der Waals surface area contributed by atoms with Crippen LogP contribution in [0.5, 0.6) is 0 Å². The fourth-order valence-electron chi connectivity index (χ4n) is 1.93. The average molecular weight is 444 g/mol. The highest BCUT2D eigenvalue weighted by Gasteiger charge is 2.15. The number of hydrogen-bond acceptors (Lipinski definition) is 4. The summed E-state index contributed by atoms with van der Waals surface area (Å²) in [6.45, 7) is 11.0. The van der Waals surface area contributed by atoms with Crippen molar-refractivity contribution < 1.29 is 14.3 Å². The summed E-state index contributed by atoms with van der Waals surface area (Å²) in [7, 11) is 1.71. The van der Waals surface area contributed by atoms with Crippen LogP contribution in [-0.2, 0) is 9.47 Å². The average Bonchev–Trinajstić information content (AvgIpc) is 2.46. The number of hydrogen-bond donors (Lipinski definition) is 3. The Morgan fingerprint density at radius 3 is 2.39 bits per heavy atom. The second kappa shape index (κ2) is 16.1. The molecule has 0 bridgehead atoms. The SMILES string of the molecule is CCOCCNC(=NC)NCC(CC(C)C)NC(=O)OCC.I. The van der Waals surface area contributed by atoms with Gasteiger partial charge in [0.1, 0.15) is 0 Å². The number of aliphatic imine (C=N–C) groups is 1. The smallest absolute Gasteiger partial charge is 0.407 e. The molecular formula is C15H33IN4O3. The van der Waals surface area contributed by atoms with Crippen LogP contribution in [0.1, 0.15) is 34.1 Å². The lowest BCUT2D eigenvalue weighted by Crippen LogP contribution is -2.48. The van der Waals surface area contributed by atoms with Crippen LogP contribution in [0.2, 0.25) is 0 Å². The molecule has 1 unspecified atom stereocenters. The first-order chi connectivity index (χ1) is 10.5. The lowest BCUT2D eigenvalue weighted by atomic mass is 10.0. The molecule has 0 aromatic carbocycles. The number of amides is 1. The summed E-state index contributed by atoms with van der Waals surface area (Å²) in [5.41, 5.74) is 0. The van der Waals surface area contributed by atoms with Crippen LogP contribution < -0.4 is 16.0 Å². The quantitative estimate of drug-likeness (QED) is 0.208. The summed E-state index contributed by atoms with van der Waals surface area (Å²) in [5.74, 6) is 1.17. The van der Waals surface area contributed by atoms with Gasteiger partial charge in [-0.05, 0) is 26.2 Å². The second-order valence-corrected chi connectivity index (χ2v) is 5.27. The number of rotatable bonds is 10. The summed E-state index contributed by atoms with van der Waals surface area (Å²) in [5, 5.41) is 9.25. The van der Waals surface area contributed by atoms with E-state index in [9.17, 15) is 4.79 Å². The van der Waals surface area contributed by atoms with Gasteiger partial charge in [0.05, 0.1) is 13.2 Å². The molecular weight excluding hydrogens is 411 g/mol. The minimum atomic E-state index is -0.380. The largest absolute Gasteiger partial charge is 0.450 e. The van der Waals surface area contributed by atoms with Crippen molar-refractivity contribution in [3.05, 3.63) is 0 Å². The summed E-state index contributed by atoms with van der Waals surface area (Å²) in [4.78, 5) is 15.7. The van der Waals surface area contributed by atoms with Crippen molar-refractivity contribution in [3.8, 4) is 0 Å². The molecule has 1 atom stereocenters. The van der Waals surface area contributed by atoms with E-state index in [1.807, 2.05) is 6.92 Å². The summed E-state index contributed by atoms with van der Waals surface area (Å²) in [6, 6.07) is -0.00973. The summed E-state index contributed by atoms with van der Waals surface area (Å²) >= 11 is 0. The number of carbonyl (C=O) groups is 1. The van der Waals surface area contributed by atoms with Crippen LogP contribution in [-0.4, -0.2) is 58.1 Å². The number of ether oxygens (including phenoxy) is 2. The van der Waals surface area contributed by atoms with Crippen molar-refractivity contribution in [2.75, 3.05) is 40.0 Å².